The number of nitrogens with zero attached hydrogens (tertiary/aromatic N) is 2. The molecule has 0 spiro atoms. The van der Waals surface area contributed by atoms with Crippen molar-refractivity contribution in [3.05, 3.63) is 63.4 Å². The molecule has 0 saturated carbocycles. The summed E-state index contributed by atoms with van der Waals surface area (Å²) in [6.07, 6.45) is -7.61. The van der Waals surface area contributed by atoms with E-state index in [4.69, 9.17) is 14.5 Å². The molecule has 4 heterocycles. The third-order valence-electron chi connectivity index (χ3n) is 6.83. The molecule has 1 aromatic carbocycles. The van der Waals surface area contributed by atoms with E-state index in [2.05, 4.69) is 0 Å². The summed E-state index contributed by atoms with van der Waals surface area (Å²) in [5.41, 5.74) is 3.17. The van der Waals surface area contributed by atoms with Crippen molar-refractivity contribution >= 4 is 10.9 Å². The Morgan fingerprint density at radius 2 is 1.91 bits per heavy atom. The van der Waals surface area contributed by atoms with Crippen molar-refractivity contribution in [1.82, 2.24) is 9.55 Å². The first-order valence-electron chi connectivity index (χ1n) is 11.6. The van der Waals surface area contributed by atoms with E-state index in [1.807, 2.05) is 30.3 Å². The van der Waals surface area contributed by atoms with Gasteiger partial charge in [0.05, 0.1) is 42.8 Å². The average molecular weight is 485 g/mol. The third kappa shape index (κ3) is 3.97. The Kier molecular flexibility index (Phi) is 6.45. The first-order valence-corrected chi connectivity index (χ1v) is 11.6. The van der Waals surface area contributed by atoms with Gasteiger partial charge in [-0.25, -0.2) is 4.98 Å². The second kappa shape index (κ2) is 9.40. The van der Waals surface area contributed by atoms with Crippen LogP contribution in [0.2, 0.25) is 0 Å². The van der Waals surface area contributed by atoms with E-state index in [0.717, 1.165) is 16.5 Å². The number of pyridine rings is 2. The molecule has 0 bridgehead atoms. The minimum Gasteiger partial charge on any atom is -0.394 e. The van der Waals surface area contributed by atoms with Gasteiger partial charge in [0.1, 0.15) is 24.4 Å². The lowest BCUT2D eigenvalue weighted by Crippen LogP contribution is -2.59. The molecule has 1 fully saturated rings. The summed E-state index contributed by atoms with van der Waals surface area (Å²) in [7, 11) is 0. The first kappa shape index (κ1) is 24.0. The zero-order valence-electron chi connectivity index (χ0n) is 19.1. The van der Waals surface area contributed by atoms with Crippen LogP contribution in [0.3, 0.4) is 0 Å². The van der Waals surface area contributed by atoms with Crippen molar-refractivity contribution in [2.45, 2.75) is 63.3 Å². The molecule has 5 rings (SSSR count). The van der Waals surface area contributed by atoms with E-state index in [1.165, 1.54) is 0 Å². The number of aromatic nitrogens is 2. The molecule has 10 nitrogen and oxygen atoms in total. The fraction of sp³-hybridized carbons (Fsp3) is 0.440. The number of para-hydroxylation sites is 1. The van der Waals surface area contributed by atoms with Gasteiger partial charge in [0, 0.05) is 16.5 Å². The van der Waals surface area contributed by atoms with Gasteiger partial charge in [-0.15, -0.1) is 0 Å². The summed E-state index contributed by atoms with van der Waals surface area (Å²) in [5.74, 6) is 0. The molecule has 35 heavy (non-hydrogen) atoms. The fourth-order valence-electron chi connectivity index (χ4n) is 4.91. The van der Waals surface area contributed by atoms with Crippen LogP contribution in [0.1, 0.15) is 36.1 Å². The molecule has 0 amide bonds. The summed E-state index contributed by atoms with van der Waals surface area (Å²) in [4.78, 5) is 18.1. The molecule has 0 radical (unpaired) electrons. The smallest absolute Gasteiger partial charge is 0.257 e. The SMILES string of the molecule is CCC(OC1OC(CO)C(O)C(O)C1O)c1cc2n(c(=O)c1CO)Cc1cc3ccccc3nc1-2. The maximum absolute atomic E-state index is 13.4. The molecule has 186 valence electrons. The van der Waals surface area contributed by atoms with Crippen LogP contribution in [0.25, 0.3) is 22.3 Å². The first-order chi connectivity index (χ1) is 16.9. The van der Waals surface area contributed by atoms with Gasteiger partial charge in [0.25, 0.3) is 5.56 Å². The number of fused-ring (bicyclic) bond motifs is 4. The molecule has 1 saturated heterocycles. The highest BCUT2D eigenvalue weighted by atomic mass is 16.7. The monoisotopic (exact) mass is 484 g/mol. The Hall–Kier alpha value is -2.70. The molecule has 0 aliphatic carbocycles. The van der Waals surface area contributed by atoms with Crippen molar-refractivity contribution < 1.29 is 35.0 Å². The summed E-state index contributed by atoms with van der Waals surface area (Å²) >= 11 is 0. The predicted molar refractivity (Wildman–Crippen MR) is 124 cm³/mol. The molecule has 10 heteroatoms. The number of aliphatic hydroxyl groups excluding tert-OH is 5. The van der Waals surface area contributed by atoms with Gasteiger partial charge in [-0.3, -0.25) is 4.79 Å². The van der Waals surface area contributed by atoms with Crippen molar-refractivity contribution in [3.8, 4) is 11.4 Å². The fourth-order valence-corrected chi connectivity index (χ4v) is 4.91. The lowest BCUT2D eigenvalue weighted by molar-refractivity contribution is -0.312. The second-order valence-electron chi connectivity index (χ2n) is 8.93. The van der Waals surface area contributed by atoms with Gasteiger partial charge >= 0.3 is 0 Å². The lowest BCUT2D eigenvalue weighted by Gasteiger charge is -2.41. The standard InChI is InChI=1S/C25H28N2O8/c1-2-18(34-25-23(32)22(31)21(30)19(11-29)35-25)14-8-17-20-13(9-27(17)24(33)15(14)10-28)7-12-5-3-4-6-16(12)26-20/h3-8,18-19,21-23,25,28-32H,2,9-11H2,1H3. The van der Waals surface area contributed by atoms with Gasteiger partial charge in [-0.05, 0) is 30.2 Å². The maximum atomic E-state index is 13.4. The molecular formula is C25H28N2O8. The summed E-state index contributed by atoms with van der Waals surface area (Å²) in [6, 6.07) is 11.4. The van der Waals surface area contributed by atoms with Gasteiger partial charge in [-0.1, -0.05) is 25.1 Å². The van der Waals surface area contributed by atoms with Crippen LogP contribution in [0.5, 0.6) is 0 Å². The topological polar surface area (TPSA) is 154 Å². The third-order valence-corrected chi connectivity index (χ3v) is 6.83. The Morgan fingerprint density at radius 3 is 2.63 bits per heavy atom. The molecule has 2 aromatic heterocycles. The van der Waals surface area contributed by atoms with E-state index in [-0.39, 0.29) is 11.1 Å². The van der Waals surface area contributed by atoms with Crippen molar-refractivity contribution in [2.75, 3.05) is 6.61 Å². The van der Waals surface area contributed by atoms with Crippen LogP contribution < -0.4 is 5.56 Å². The summed E-state index contributed by atoms with van der Waals surface area (Å²) in [6.45, 7) is 1.04. The predicted octanol–water partition coefficient (Wildman–Crippen LogP) is 0.185. The van der Waals surface area contributed by atoms with Gasteiger partial charge in [0.2, 0.25) is 0 Å². The van der Waals surface area contributed by atoms with Crippen LogP contribution in [0, 0.1) is 0 Å². The van der Waals surface area contributed by atoms with Crippen molar-refractivity contribution in [3.63, 3.8) is 0 Å². The quantitative estimate of drug-likeness (QED) is 0.258. The van der Waals surface area contributed by atoms with Crippen LogP contribution >= 0.6 is 0 Å². The number of benzene rings is 1. The Labute approximate surface area is 200 Å². The molecule has 6 atom stereocenters. The Morgan fingerprint density at radius 1 is 1.14 bits per heavy atom. The summed E-state index contributed by atoms with van der Waals surface area (Å²) < 4.78 is 13.0. The van der Waals surface area contributed by atoms with Crippen LogP contribution in [0.15, 0.2) is 41.2 Å². The molecule has 6 unspecified atom stereocenters. The van der Waals surface area contributed by atoms with E-state index in [9.17, 15) is 30.3 Å². The number of ether oxygens (including phenoxy) is 2. The molecular weight excluding hydrogens is 456 g/mol. The van der Waals surface area contributed by atoms with Crippen molar-refractivity contribution in [1.29, 1.82) is 0 Å². The Bertz CT molecular complexity index is 1310. The molecule has 2 aliphatic rings. The van der Waals surface area contributed by atoms with E-state index < -0.39 is 50.0 Å². The molecule has 2 aliphatic heterocycles. The maximum Gasteiger partial charge on any atom is 0.257 e. The van der Waals surface area contributed by atoms with Gasteiger partial charge in [-0.2, -0.15) is 0 Å². The van der Waals surface area contributed by atoms with Gasteiger partial charge in [0.15, 0.2) is 6.29 Å². The molecule has 3 aromatic rings. The number of hydrogen-bond acceptors (Lipinski definition) is 9. The largest absolute Gasteiger partial charge is 0.394 e. The zero-order chi connectivity index (χ0) is 24.9. The molecule has 5 N–H and O–H groups in total. The van der Waals surface area contributed by atoms with E-state index >= 15 is 0 Å². The number of hydrogen-bond donors (Lipinski definition) is 5. The minimum atomic E-state index is -1.59. The lowest BCUT2D eigenvalue weighted by atomic mass is 9.98. The minimum absolute atomic E-state index is 0.155. The van der Waals surface area contributed by atoms with Crippen LogP contribution in [-0.4, -0.2) is 72.4 Å². The highest BCUT2D eigenvalue weighted by Crippen LogP contribution is 2.36. The van der Waals surface area contributed by atoms with E-state index in [1.54, 1.807) is 17.6 Å². The average Bonchev–Trinajstić information content (AvgIpc) is 3.23. The highest BCUT2D eigenvalue weighted by molar-refractivity contribution is 5.84. The van der Waals surface area contributed by atoms with E-state index in [0.29, 0.717) is 29.9 Å². The van der Waals surface area contributed by atoms with Gasteiger partial charge < -0.3 is 39.6 Å². The van der Waals surface area contributed by atoms with Crippen LogP contribution in [-0.2, 0) is 22.6 Å². The number of aliphatic hydroxyl groups is 5. The van der Waals surface area contributed by atoms with Crippen LogP contribution in [0.4, 0.5) is 0 Å². The second-order valence-corrected chi connectivity index (χ2v) is 8.93. The highest BCUT2D eigenvalue weighted by Gasteiger charge is 2.45. The normalized spacial score (nSPS) is 26.5. The van der Waals surface area contributed by atoms with Crippen molar-refractivity contribution in [2.24, 2.45) is 0 Å². The zero-order valence-corrected chi connectivity index (χ0v) is 19.1. The summed E-state index contributed by atoms with van der Waals surface area (Å²) in [5, 5.41) is 51.1. The number of rotatable bonds is 6. The Balaban J connectivity index is 1.55.